The molecular formula is C17H18N2O3S. The summed E-state index contributed by atoms with van der Waals surface area (Å²) in [6.45, 7) is 2.16. The number of benzene rings is 2. The highest BCUT2D eigenvalue weighted by atomic mass is 32.2. The smallest absolute Gasteiger partial charge is 0.264 e. The molecule has 1 amide bonds. The first-order valence-electron chi connectivity index (χ1n) is 7.53. The van der Waals surface area contributed by atoms with E-state index in [2.05, 4.69) is 5.32 Å². The number of carbonyl (C=O) groups excluding carboxylic acids is 1. The van der Waals surface area contributed by atoms with Crippen LogP contribution >= 0.6 is 0 Å². The van der Waals surface area contributed by atoms with Crippen molar-refractivity contribution in [3.63, 3.8) is 0 Å². The number of nitrogens with zero attached hydrogens (tertiary/aromatic N) is 1. The summed E-state index contributed by atoms with van der Waals surface area (Å²) in [6, 6.07) is 13.9. The molecule has 23 heavy (non-hydrogen) atoms. The monoisotopic (exact) mass is 330 g/mol. The quantitative estimate of drug-likeness (QED) is 0.937. The molecule has 0 atom stereocenters. The Morgan fingerprint density at radius 2 is 1.83 bits per heavy atom. The fourth-order valence-corrected chi connectivity index (χ4v) is 4.26. The number of hydrogen-bond donors (Lipinski definition) is 1. The average molecular weight is 330 g/mol. The molecule has 0 saturated carbocycles. The van der Waals surface area contributed by atoms with Gasteiger partial charge in [0.05, 0.1) is 10.6 Å². The number of fused-ring (bicyclic) bond motifs is 1. The van der Waals surface area contributed by atoms with E-state index in [1.54, 1.807) is 30.3 Å². The van der Waals surface area contributed by atoms with Crippen molar-refractivity contribution in [2.45, 2.75) is 24.7 Å². The molecule has 0 bridgehead atoms. The zero-order valence-corrected chi connectivity index (χ0v) is 13.6. The predicted octanol–water partition coefficient (Wildman–Crippen LogP) is 2.79. The summed E-state index contributed by atoms with van der Waals surface area (Å²) >= 11 is 0. The lowest BCUT2D eigenvalue weighted by atomic mass is 10.0. The number of rotatable bonds is 4. The van der Waals surface area contributed by atoms with Crippen LogP contribution < -0.4 is 9.62 Å². The minimum atomic E-state index is -3.63. The molecule has 6 heteroatoms. The Morgan fingerprint density at radius 3 is 2.52 bits per heavy atom. The fraction of sp³-hybridized carbons (Fsp3) is 0.235. The Kier molecular flexibility index (Phi) is 4.09. The van der Waals surface area contributed by atoms with E-state index in [-0.39, 0.29) is 10.8 Å². The molecule has 5 nitrogen and oxygen atoms in total. The SMILES string of the molecule is CCN(c1ccccc1)S(=O)(=O)c1ccc2c(c1)CCC(=O)N2. The Bertz CT molecular complexity index is 832. The molecular weight excluding hydrogens is 312 g/mol. The Balaban J connectivity index is 2.01. The highest BCUT2D eigenvalue weighted by Crippen LogP contribution is 2.29. The van der Waals surface area contributed by atoms with Crippen molar-refractivity contribution < 1.29 is 13.2 Å². The van der Waals surface area contributed by atoms with Gasteiger partial charge in [-0.3, -0.25) is 9.10 Å². The number of nitrogens with one attached hydrogen (secondary N) is 1. The van der Waals surface area contributed by atoms with Gasteiger partial charge < -0.3 is 5.32 Å². The zero-order chi connectivity index (χ0) is 16.4. The maximum Gasteiger partial charge on any atom is 0.264 e. The molecule has 0 fully saturated rings. The van der Waals surface area contributed by atoms with Crippen LogP contribution in [0.25, 0.3) is 0 Å². The highest BCUT2D eigenvalue weighted by molar-refractivity contribution is 7.92. The van der Waals surface area contributed by atoms with Gasteiger partial charge in [0.2, 0.25) is 5.91 Å². The van der Waals surface area contributed by atoms with Gasteiger partial charge in [0, 0.05) is 18.7 Å². The summed E-state index contributed by atoms with van der Waals surface area (Å²) in [4.78, 5) is 11.7. The third kappa shape index (κ3) is 2.94. The van der Waals surface area contributed by atoms with E-state index in [0.717, 1.165) is 5.56 Å². The number of sulfonamides is 1. The number of anilines is 2. The number of para-hydroxylation sites is 1. The van der Waals surface area contributed by atoms with E-state index < -0.39 is 10.0 Å². The average Bonchev–Trinajstić information content (AvgIpc) is 2.55. The lowest BCUT2D eigenvalue weighted by molar-refractivity contribution is -0.116. The molecule has 3 rings (SSSR count). The Hall–Kier alpha value is -2.34. The van der Waals surface area contributed by atoms with Crippen molar-refractivity contribution in [1.82, 2.24) is 0 Å². The number of carbonyl (C=O) groups is 1. The van der Waals surface area contributed by atoms with E-state index in [1.807, 2.05) is 25.1 Å². The predicted molar refractivity (Wildman–Crippen MR) is 90.0 cm³/mol. The van der Waals surface area contributed by atoms with Gasteiger partial charge in [0.15, 0.2) is 0 Å². The maximum absolute atomic E-state index is 13.0. The van der Waals surface area contributed by atoms with Gasteiger partial charge in [-0.2, -0.15) is 0 Å². The van der Waals surface area contributed by atoms with Crippen LogP contribution in [0.15, 0.2) is 53.4 Å². The van der Waals surface area contributed by atoms with Crippen LogP contribution in [-0.4, -0.2) is 20.9 Å². The molecule has 1 aliphatic rings. The second kappa shape index (κ2) is 6.04. The third-order valence-corrected chi connectivity index (χ3v) is 5.79. The van der Waals surface area contributed by atoms with Gasteiger partial charge in [0.25, 0.3) is 10.0 Å². The van der Waals surface area contributed by atoms with Gasteiger partial charge >= 0.3 is 0 Å². The van der Waals surface area contributed by atoms with Crippen LogP contribution in [0.2, 0.25) is 0 Å². The van der Waals surface area contributed by atoms with Crippen LogP contribution in [0.4, 0.5) is 11.4 Å². The minimum absolute atomic E-state index is 0.0347. The summed E-state index contributed by atoms with van der Waals surface area (Å²) < 4.78 is 27.3. The van der Waals surface area contributed by atoms with Crippen molar-refractivity contribution >= 4 is 27.3 Å². The Morgan fingerprint density at radius 1 is 1.09 bits per heavy atom. The largest absolute Gasteiger partial charge is 0.326 e. The van der Waals surface area contributed by atoms with Gasteiger partial charge in [0.1, 0.15) is 0 Å². The normalized spacial score (nSPS) is 14.0. The lowest BCUT2D eigenvalue weighted by Gasteiger charge is -2.24. The first kappa shape index (κ1) is 15.6. The van der Waals surface area contributed by atoms with Gasteiger partial charge in [-0.05, 0) is 49.2 Å². The molecule has 0 spiro atoms. The van der Waals surface area contributed by atoms with Crippen molar-refractivity contribution in [3.8, 4) is 0 Å². The zero-order valence-electron chi connectivity index (χ0n) is 12.8. The number of aryl methyl sites for hydroxylation is 1. The van der Waals surface area contributed by atoms with Crippen LogP contribution in [0, 0.1) is 0 Å². The molecule has 1 heterocycles. The first-order chi connectivity index (χ1) is 11.0. The van der Waals surface area contributed by atoms with Gasteiger partial charge in [-0.25, -0.2) is 8.42 Å². The van der Waals surface area contributed by atoms with E-state index >= 15 is 0 Å². The molecule has 120 valence electrons. The molecule has 2 aromatic rings. The summed E-state index contributed by atoms with van der Waals surface area (Å²) in [5.74, 6) is -0.0347. The second-order valence-electron chi connectivity index (χ2n) is 5.37. The van der Waals surface area contributed by atoms with Gasteiger partial charge in [-0.1, -0.05) is 18.2 Å². The van der Waals surface area contributed by atoms with Crippen molar-refractivity contribution in [3.05, 3.63) is 54.1 Å². The van der Waals surface area contributed by atoms with Crippen LogP contribution in [0.1, 0.15) is 18.9 Å². The number of hydrogen-bond acceptors (Lipinski definition) is 3. The maximum atomic E-state index is 13.0. The molecule has 0 unspecified atom stereocenters. The Labute approximate surface area is 136 Å². The van der Waals surface area contributed by atoms with Crippen molar-refractivity contribution in [2.75, 3.05) is 16.2 Å². The topological polar surface area (TPSA) is 66.5 Å². The van der Waals surface area contributed by atoms with Crippen LogP contribution in [0.5, 0.6) is 0 Å². The molecule has 0 aliphatic carbocycles. The lowest BCUT2D eigenvalue weighted by Crippen LogP contribution is -2.31. The standard InChI is InChI=1S/C17H18N2O3S/c1-2-19(14-6-4-3-5-7-14)23(21,22)15-9-10-16-13(12-15)8-11-17(20)18-16/h3-7,9-10,12H,2,8,11H2,1H3,(H,18,20). The fourth-order valence-electron chi connectivity index (χ4n) is 2.73. The number of amides is 1. The summed E-state index contributed by atoms with van der Waals surface area (Å²) in [7, 11) is -3.63. The first-order valence-corrected chi connectivity index (χ1v) is 8.97. The second-order valence-corrected chi connectivity index (χ2v) is 7.23. The molecule has 1 aliphatic heterocycles. The molecule has 0 radical (unpaired) electrons. The summed E-state index contributed by atoms with van der Waals surface area (Å²) in [5, 5.41) is 2.77. The molecule has 2 aromatic carbocycles. The third-order valence-electron chi connectivity index (χ3n) is 3.89. The van der Waals surface area contributed by atoms with Crippen molar-refractivity contribution in [1.29, 1.82) is 0 Å². The minimum Gasteiger partial charge on any atom is -0.326 e. The van der Waals surface area contributed by atoms with Crippen LogP contribution in [-0.2, 0) is 21.2 Å². The summed E-state index contributed by atoms with van der Waals surface area (Å²) in [5.41, 5.74) is 2.19. The molecule has 0 aromatic heterocycles. The molecule has 0 saturated heterocycles. The highest BCUT2D eigenvalue weighted by Gasteiger charge is 2.25. The van der Waals surface area contributed by atoms with E-state index in [9.17, 15) is 13.2 Å². The van der Waals surface area contributed by atoms with Crippen molar-refractivity contribution in [2.24, 2.45) is 0 Å². The van der Waals surface area contributed by atoms with Gasteiger partial charge in [-0.15, -0.1) is 0 Å². The van der Waals surface area contributed by atoms with E-state index in [0.29, 0.717) is 30.8 Å². The van der Waals surface area contributed by atoms with E-state index in [4.69, 9.17) is 0 Å². The van der Waals surface area contributed by atoms with E-state index in [1.165, 1.54) is 4.31 Å². The summed E-state index contributed by atoms with van der Waals surface area (Å²) in [6.07, 6.45) is 0.939. The molecule has 1 N–H and O–H groups in total. The van der Waals surface area contributed by atoms with Crippen LogP contribution in [0.3, 0.4) is 0 Å².